The minimum Gasteiger partial charge on any atom is -0.352 e. The monoisotopic (exact) mass is 280 g/mol. The smallest absolute Gasteiger partial charge is 0.220 e. The van der Waals surface area contributed by atoms with Gasteiger partial charge in [0.2, 0.25) is 5.91 Å². The summed E-state index contributed by atoms with van der Waals surface area (Å²) in [5.74, 6) is 1.37. The van der Waals surface area contributed by atoms with Gasteiger partial charge in [-0.1, -0.05) is 24.3 Å². The van der Waals surface area contributed by atoms with Gasteiger partial charge in [0, 0.05) is 24.4 Å². The van der Waals surface area contributed by atoms with Gasteiger partial charge in [-0.3, -0.25) is 4.79 Å². The molecule has 3 N–H and O–H groups in total. The van der Waals surface area contributed by atoms with Crippen LogP contribution in [0.15, 0.2) is 24.3 Å². The number of amides is 1. The van der Waals surface area contributed by atoms with Gasteiger partial charge in [-0.25, -0.2) is 0 Å². The zero-order chi connectivity index (χ0) is 12.7. The first kappa shape index (κ1) is 14.4. The van der Waals surface area contributed by atoms with E-state index in [1.165, 1.54) is 11.1 Å². The van der Waals surface area contributed by atoms with Gasteiger partial charge in [-0.05, 0) is 36.8 Å². The highest BCUT2D eigenvalue weighted by Gasteiger charge is 2.56. The van der Waals surface area contributed by atoms with Crippen molar-refractivity contribution in [1.29, 1.82) is 0 Å². The molecule has 1 aromatic rings. The number of benzene rings is 1. The lowest BCUT2D eigenvalue weighted by Gasteiger charge is -2.10. The molecule has 4 unspecified atom stereocenters. The molecule has 1 amide bonds. The summed E-state index contributed by atoms with van der Waals surface area (Å²) in [4.78, 5) is 11.8. The maximum Gasteiger partial charge on any atom is 0.220 e. The van der Waals surface area contributed by atoms with Crippen molar-refractivity contribution in [3.8, 4) is 0 Å². The van der Waals surface area contributed by atoms with E-state index in [2.05, 4.69) is 29.6 Å². The molecule has 19 heavy (non-hydrogen) atoms. The molecule has 2 aliphatic carbocycles. The number of rotatable bonds is 4. The molecule has 4 atom stereocenters. The second-order valence-electron chi connectivity index (χ2n) is 5.70. The van der Waals surface area contributed by atoms with E-state index in [-0.39, 0.29) is 24.4 Å². The van der Waals surface area contributed by atoms with Crippen LogP contribution in [0.25, 0.3) is 0 Å². The Hall–Kier alpha value is -1.06. The normalized spacial score (nSPS) is 27.8. The fourth-order valence-corrected chi connectivity index (χ4v) is 3.16. The predicted molar refractivity (Wildman–Crippen MR) is 78.4 cm³/mol. The summed E-state index contributed by atoms with van der Waals surface area (Å²) in [6.07, 6.45) is 2.44. The van der Waals surface area contributed by atoms with Crippen molar-refractivity contribution in [3.05, 3.63) is 35.4 Å². The first-order chi connectivity index (χ1) is 8.66. The SMILES string of the molecule is CC(N)CCC(=O)NC1C2Cc3ccccc3C21.Cl. The van der Waals surface area contributed by atoms with Crippen molar-refractivity contribution < 1.29 is 4.79 Å². The maximum atomic E-state index is 11.8. The summed E-state index contributed by atoms with van der Waals surface area (Å²) >= 11 is 0. The van der Waals surface area contributed by atoms with Crippen LogP contribution < -0.4 is 11.1 Å². The Kier molecular flexibility index (Phi) is 4.16. The van der Waals surface area contributed by atoms with Crippen LogP contribution in [-0.4, -0.2) is 18.0 Å². The van der Waals surface area contributed by atoms with Gasteiger partial charge < -0.3 is 11.1 Å². The van der Waals surface area contributed by atoms with Crippen LogP contribution in [0, 0.1) is 5.92 Å². The maximum absolute atomic E-state index is 11.8. The summed E-state index contributed by atoms with van der Waals surface area (Å²) in [5, 5.41) is 3.16. The topological polar surface area (TPSA) is 55.1 Å². The lowest BCUT2D eigenvalue weighted by molar-refractivity contribution is -0.121. The average Bonchev–Trinajstić information content (AvgIpc) is 2.85. The van der Waals surface area contributed by atoms with Gasteiger partial charge in [0.05, 0.1) is 0 Å². The molecule has 1 saturated carbocycles. The lowest BCUT2D eigenvalue weighted by atomic mass is 10.1. The van der Waals surface area contributed by atoms with E-state index in [0.717, 1.165) is 12.8 Å². The van der Waals surface area contributed by atoms with Gasteiger partial charge in [-0.15, -0.1) is 12.4 Å². The minimum atomic E-state index is 0. The fourth-order valence-electron chi connectivity index (χ4n) is 3.16. The number of nitrogens with one attached hydrogen (secondary N) is 1. The highest BCUT2D eigenvalue weighted by atomic mass is 35.5. The third-order valence-electron chi connectivity index (χ3n) is 4.19. The number of hydrogen-bond donors (Lipinski definition) is 2. The highest BCUT2D eigenvalue weighted by Crippen LogP contribution is 2.56. The standard InChI is InChI=1S/C15H20N2O.ClH/c1-9(16)6-7-13(18)17-15-12-8-10-4-2-3-5-11(10)14(12)15;/h2-5,9,12,14-15H,6-8,16H2,1H3,(H,17,18);1H. The molecular formula is C15H21ClN2O. The molecule has 3 nitrogen and oxygen atoms in total. The molecule has 0 heterocycles. The number of halogens is 1. The van der Waals surface area contributed by atoms with Crippen molar-refractivity contribution in [2.75, 3.05) is 0 Å². The van der Waals surface area contributed by atoms with E-state index in [9.17, 15) is 4.79 Å². The molecule has 4 heteroatoms. The molecular weight excluding hydrogens is 260 g/mol. The van der Waals surface area contributed by atoms with E-state index < -0.39 is 0 Å². The van der Waals surface area contributed by atoms with Crippen molar-refractivity contribution in [1.82, 2.24) is 5.32 Å². The summed E-state index contributed by atoms with van der Waals surface area (Å²) in [7, 11) is 0. The van der Waals surface area contributed by atoms with Crippen LogP contribution in [0.1, 0.15) is 36.8 Å². The van der Waals surface area contributed by atoms with Crippen molar-refractivity contribution >= 4 is 18.3 Å². The van der Waals surface area contributed by atoms with Gasteiger partial charge >= 0.3 is 0 Å². The Morgan fingerprint density at radius 1 is 1.47 bits per heavy atom. The quantitative estimate of drug-likeness (QED) is 0.886. The van der Waals surface area contributed by atoms with E-state index in [4.69, 9.17) is 5.73 Å². The highest BCUT2D eigenvalue weighted by molar-refractivity contribution is 5.85. The third kappa shape index (κ3) is 2.77. The summed E-state index contributed by atoms with van der Waals surface area (Å²) in [6, 6.07) is 9.08. The van der Waals surface area contributed by atoms with E-state index >= 15 is 0 Å². The minimum absolute atomic E-state index is 0. The van der Waals surface area contributed by atoms with Crippen molar-refractivity contribution in [2.24, 2.45) is 11.7 Å². The Labute approximate surface area is 120 Å². The van der Waals surface area contributed by atoms with Crippen LogP contribution >= 0.6 is 12.4 Å². The first-order valence-corrected chi connectivity index (χ1v) is 6.79. The Morgan fingerprint density at radius 2 is 2.21 bits per heavy atom. The number of nitrogens with two attached hydrogens (primary N) is 1. The first-order valence-electron chi connectivity index (χ1n) is 6.79. The number of hydrogen-bond acceptors (Lipinski definition) is 2. The zero-order valence-electron chi connectivity index (χ0n) is 11.1. The van der Waals surface area contributed by atoms with Crippen molar-refractivity contribution in [3.63, 3.8) is 0 Å². The predicted octanol–water partition coefficient (Wildman–Crippen LogP) is 1.99. The second-order valence-corrected chi connectivity index (χ2v) is 5.70. The molecule has 0 radical (unpaired) electrons. The molecule has 104 valence electrons. The van der Waals surface area contributed by atoms with Crippen molar-refractivity contribution in [2.45, 2.75) is 44.2 Å². The molecule has 0 spiro atoms. The second kappa shape index (κ2) is 5.51. The van der Waals surface area contributed by atoms with Crippen LogP contribution in [-0.2, 0) is 11.2 Å². The van der Waals surface area contributed by atoms with E-state index in [0.29, 0.717) is 24.3 Å². The van der Waals surface area contributed by atoms with Crippen LogP contribution in [0.3, 0.4) is 0 Å². The van der Waals surface area contributed by atoms with E-state index in [1.807, 2.05) is 6.92 Å². The van der Waals surface area contributed by atoms with Crippen LogP contribution in [0.5, 0.6) is 0 Å². The molecule has 3 rings (SSSR count). The summed E-state index contributed by atoms with van der Waals surface area (Å²) < 4.78 is 0. The Bertz CT molecular complexity index is 475. The Morgan fingerprint density at radius 3 is 2.95 bits per heavy atom. The molecule has 1 fully saturated rings. The lowest BCUT2D eigenvalue weighted by Crippen LogP contribution is -2.30. The fraction of sp³-hybridized carbons (Fsp3) is 0.533. The summed E-state index contributed by atoms with van der Waals surface area (Å²) in [6.45, 7) is 1.94. The zero-order valence-corrected chi connectivity index (χ0v) is 12.0. The molecule has 0 aromatic heterocycles. The third-order valence-corrected chi connectivity index (χ3v) is 4.19. The number of fused-ring (bicyclic) bond motifs is 3. The van der Waals surface area contributed by atoms with Gasteiger partial charge in [0.25, 0.3) is 0 Å². The molecule has 0 saturated heterocycles. The molecule has 1 aromatic carbocycles. The average molecular weight is 281 g/mol. The molecule has 0 aliphatic heterocycles. The van der Waals surface area contributed by atoms with Gasteiger partial charge in [-0.2, -0.15) is 0 Å². The van der Waals surface area contributed by atoms with Crippen LogP contribution in [0.4, 0.5) is 0 Å². The number of carbonyl (C=O) groups excluding carboxylic acids is 1. The van der Waals surface area contributed by atoms with Gasteiger partial charge in [0.1, 0.15) is 0 Å². The number of carbonyl (C=O) groups is 1. The Balaban J connectivity index is 0.00000133. The van der Waals surface area contributed by atoms with Crippen LogP contribution in [0.2, 0.25) is 0 Å². The molecule has 0 bridgehead atoms. The largest absolute Gasteiger partial charge is 0.352 e. The van der Waals surface area contributed by atoms with E-state index in [1.54, 1.807) is 0 Å². The summed E-state index contributed by atoms with van der Waals surface area (Å²) in [5.41, 5.74) is 8.57. The molecule has 2 aliphatic rings. The van der Waals surface area contributed by atoms with Gasteiger partial charge in [0.15, 0.2) is 0 Å².